The van der Waals surface area contributed by atoms with Gasteiger partial charge in [-0.1, -0.05) is 30.3 Å². The van der Waals surface area contributed by atoms with E-state index in [1.807, 2.05) is 36.5 Å². The van der Waals surface area contributed by atoms with Crippen molar-refractivity contribution in [1.29, 1.82) is 0 Å². The number of aryl methyl sites for hydroxylation is 1. The summed E-state index contributed by atoms with van der Waals surface area (Å²) in [6.07, 6.45) is 4.17. The lowest BCUT2D eigenvalue weighted by molar-refractivity contribution is 0.247. The molecule has 1 aliphatic rings. The Kier molecular flexibility index (Phi) is 4.69. The van der Waals surface area contributed by atoms with Gasteiger partial charge in [-0.25, -0.2) is 4.98 Å². The number of benzene rings is 1. The number of aromatic nitrogens is 4. The molecule has 0 radical (unpaired) electrons. The van der Waals surface area contributed by atoms with Gasteiger partial charge < -0.3 is 9.30 Å². The molecule has 1 fully saturated rings. The van der Waals surface area contributed by atoms with Crippen LogP contribution in [0.3, 0.4) is 0 Å². The highest BCUT2D eigenvalue weighted by atomic mass is 15.3. The van der Waals surface area contributed by atoms with E-state index in [0.29, 0.717) is 0 Å². The Bertz CT molecular complexity index is 1080. The largest absolute Gasteiger partial charge is 0.353 e. The first kappa shape index (κ1) is 17.8. The molecule has 4 heterocycles. The summed E-state index contributed by atoms with van der Waals surface area (Å²) in [5.74, 6) is 0.953. The maximum Gasteiger partial charge on any atom is 0.151 e. The van der Waals surface area contributed by atoms with Crippen LogP contribution in [0.2, 0.25) is 0 Å². The van der Waals surface area contributed by atoms with Crippen LogP contribution in [0.5, 0.6) is 0 Å². The number of pyridine rings is 1. The van der Waals surface area contributed by atoms with Crippen molar-refractivity contribution in [1.82, 2.24) is 24.5 Å². The minimum Gasteiger partial charge on any atom is -0.353 e. The van der Waals surface area contributed by atoms with Crippen molar-refractivity contribution < 1.29 is 0 Å². The lowest BCUT2D eigenvalue weighted by Gasteiger charge is -2.34. The van der Waals surface area contributed by atoms with Crippen LogP contribution in [-0.4, -0.2) is 50.7 Å². The molecule has 5 rings (SSSR count). The van der Waals surface area contributed by atoms with E-state index in [2.05, 4.69) is 61.8 Å². The van der Waals surface area contributed by atoms with Crippen LogP contribution < -0.4 is 4.90 Å². The molecule has 4 aromatic rings. The summed E-state index contributed by atoms with van der Waals surface area (Å²) in [4.78, 5) is 9.48. The van der Waals surface area contributed by atoms with E-state index in [1.165, 1.54) is 5.56 Å². The minimum absolute atomic E-state index is 0.882. The van der Waals surface area contributed by atoms with Gasteiger partial charge in [0.2, 0.25) is 0 Å². The molecule has 1 aromatic carbocycles. The topological polar surface area (TPSA) is 49.6 Å². The third kappa shape index (κ3) is 3.71. The summed E-state index contributed by atoms with van der Waals surface area (Å²) in [5.41, 5.74) is 5.41. The zero-order valence-electron chi connectivity index (χ0n) is 16.6. The second-order valence-corrected chi connectivity index (χ2v) is 7.55. The second kappa shape index (κ2) is 7.64. The summed E-state index contributed by atoms with van der Waals surface area (Å²) in [6.45, 7) is 6.88. The molecule has 0 amide bonds. The summed E-state index contributed by atoms with van der Waals surface area (Å²) in [6, 6.07) is 18.6. The Balaban J connectivity index is 1.22. The van der Waals surface area contributed by atoms with Gasteiger partial charge in [-0.2, -0.15) is 0 Å². The molecule has 0 bridgehead atoms. The number of hydrogen-bond acceptors (Lipinski definition) is 5. The summed E-state index contributed by atoms with van der Waals surface area (Å²) >= 11 is 0. The van der Waals surface area contributed by atoms with Crippen molar-refractivity contribution in [3.63, 3.8) is 0 Å². The van der Waals surface area contributed by atoms with E-state index in [1.54, 1.807) is 0 Å². The standard InChI is InChI=1S/C23H24N6/c1-18-6-2-3-7-20(18)21-9-10-23(26-25-21)28-14-12-27(13-15-28)16-19-17-29-11-5-4-8-22(29)24-19/h2-11,17H,12-16H2,1H3. The third-order valence-corrected chi connectivity index (χ3v) is 5.57. The molecule has 0 unspecified atom stereocenters. The molecule has 6 heteroatoms. The zero-order valence-corrected chi connectivity index (χ0v) is 16.6. The predicted molar refractivity (Wildman–Crippen MR) is 115 cm³/mol. The highest BCUT2D eigenvalue weighted by molar-refractivity contribution is 5.63. The van der Waals surface area contributed by atoms with Crippen molar-refractivity contribution in [2.75, 3.05) is 31.1 Å². The average Bonchev–Trinajstić information content (AvgIpc) is 3.17. The predicted octanol–water partition coefficient (Wildman–Crippen LogP) is 3.42. The monoisotopic (exact) mass is 384 g/mol. The Morgan fingerprint density at radius 2 is 1.69 bits per heavy atom. The Morgan fingerprint density at radius 3 is 2.45 bits per heavy atom. The first-order chi connectivity index (χ1) is 14.3. The number of fused-ring (bicyclic) bond motifs is 1. The maximum absolute atomic E-state index is 4.71. The smallest absolute Gasteiger partial charge is 0.151 e. The molecule has 6 nitrogen and oxygen atoms in total. The van der Waals surface area contributed by atoms with Crippen LogP contribution in [0.4, 0.5) is 5.82 Å². The van der Waals surface area contributed by atoms with Crippen molar-refractivity contribution >= 4 is 11.5 Å². The lowest BCUT2D eigenvalue weighted by Crippen LogP contribution is -2.46. The highest BCUT2D eigenvalue weighted by Gasteiger charge is 2.19. The molecular formula is C23H24N6. The molecule has 3 aromatic heterocycles. The van der Waals surface area contributed by atoms with Gasteiger partial charge in [0.1, 0.15) is 5.65 Å². The second-order valence-electron chi connectivity index (χ2n) is 7.55. The molecule has 29 heavy (non-hydrogen) atoms. The number of rotatable bonds is 4. The first-order valence-electron chi connectivity index (χ1n) is 10.1. The van der Waals surface area contributed by atoms with Crippen LogP contribution in [-0.2, 0) is 6.54 Å². The number of nitrogens with zero attached hydrogens (tertiary/aromatic N) is 6. The van der Waals surface area contributed by atoms with E-state index in [4.69, 9.17) is 4.98 Å². The molecule has 0 spiro atoms. The summed E-state index contributed by atoms with van der Waals surface area (Å²) < 4.78 is 2.08. The van der Waals surface area contributed by atoms with Crippen LogP contribution in [0.25, 0.3) is 16.9 Å². The van der Waals surface area contributed by atoms with Gasteiger partial charge in [-0.15, -0.1) is 10.2 Å². The van der Waals surface area contributed by atoms with Gasteiger partial charge in [0.25, 0.3) is 0 Å². The SMILES string of the molecule is Cc1ccccc1-c1ccc(N2CCN(Cc3cn4ccccc4n3)CC2)nn1. The molecule has 1 saturated heterocycles. The van der Waals surface area contributed by atoms with Crippen LogP contribution in [0.1, 0.15) is 11.3 Å². The molecule has 1 aliphatic heterocycles. The van der Waals surface area contributed by atoms with Gasteiger partial charge >= 0.3 is 0 Å². The summed E-state index contributed by atoms with van der Waals surface area (Å²) in [5, 5.41) is 8.98. The fourth-order valence-corrected chi connectivity index (χ4v) is 3.93. The quantitative estimate of drug-likeness (QED) is 0.540. The van der Waals surface area contributed by atoms with Crippen LogP contribution >= 0.6 is 0 Å². The van der Waals surface area contributed by atoms with Gasteiger partial charge in [0.05, 0.1) is 11.4 Å². The lowest BCUT2D eigenvalue weighted by atomic mass is 10.1. The average molecular weight is 384 g/mol. The normalized spacial score (nSPS) is 15.1. The molecule has 146 valence electrons. The fourth-order valence-electron chi connectivity index (χ4n) is 3.93. The van der Waals surface area contributed by atoms with Gasteiger partial charge in [0, 0.05) is 50.7 Å². The minimum atomic E-state index is 0.882. The Labute approximate surface area is 170 Å². The van der Waals surface area contributed by atoms with E-state index < -0.39 is 0 Å². The molecule has 0 aliphatic carbocycles. The Hall–Kier alpha value is -3.25. The van der Waals surface area contributed by atoms with E-state index in [0.717, 1.165) is 61.1 Å². The zero-order chi connectivity index (χ0) is 19.6. The number of hydrogen-bond donors (Lipinski definition) is 0. The molecular weight excluding hydrogens is 360 g/mol. The number of anilines is 1. The molecule has 0 atom stereocenters. The number of piperazine rings is 1. The third-order valence-electron chi connectivity index (χ3n) is 5.57. The van der Waals surface area contributed by atoms with E-state index >= 15 is 0 Å². The molecule has 0 saturated carbocycles. The Morgan fingerprint density at radius 1 is 0.862 bits per heavy atom. The van der Waals surface area contributed by atoms with Crippen molar-refractivity contribution in [2.24, 2.45) is 0 Å². The fraction of sp³-hybridized carbons (Fsp3) is 0.261. The molecule has 0 N–H and O–H groups in total. The van der Waals surface area contributed by atoms with E-state index in [-0.39, 0.29) is 0 Å². The first-order valence-corrected chi connectivity index (χ1v) is 10.1. The van der Waals surface area contributed by atoms with Crippen molar-refractivity contribution in [3.05, 3.63) is 78.2 Å². The van der Waals surface area contributed by atoms with Crippen molar-refractivity contribution in [2.45, 2.75) is 13.5 Å². The maximum atomic E-state index is 4.71. The highest BCUT2D eigenvalue weighted by Crippen LogP contribution is 2.22. The van der Waals surface area contributed by atoms with Gasteiger partial charge in [-0.05, 0) is 36.8 Å². The van der Waals surface area contributed by atoms with Crippen molar-refractivity contribution in [3.8, 4) is 11.3 Å². The van der Waals surface area contributed by atoms with E-state index in [9.17, 15) is 0 Å². The van der Waals surface area contributed by atoms with Crippen LogP contribution in [0.15, 0.2) is 67.0 Å². The van der Waals surface area contributed by atoms with Crippen LogP contribution in [0, 0.1) is 6.92 Å². The van der Waals surface area contributed by atoms with Gasteiger partial charge in [-0.3, -0.25) is 4.90 Å². The number of imidazole rings is 1. The van der Waals surface area contributed by atoms with Gasteiger partial charge in [0.15, 0.2) is 5.82 Å². The summed E-state index contributed by atoms with van der Waals surface area (Å²) in [7, 11) is 0.